The Hall–Kier alpha value is -2.17. The minimum absolute atomic E-state index is 0.0183. The second kappa shape index (κ2) is 5.07. The largest absolute Gasteiger partial charge is 0.340 e. The van der Waals surface area contributed by atoms with Crippen LogP contribution in [0.5, 0.6) is 0 Å². The van der Waals surface area contributed by atoms with Gasteiger partial charge in [0.2, 0.25) is 11.8 Å². The van der Waals surface area contributed by atoms with Crippen molar-refractivity contribution in [3.05, 3.63) is 41.5 Å². The highest BCUT2D eigenvalue weighted by molar-refractivity contribution is 5.95. The summed E-state index contributed by atoms with van der Waals surface area (Å²) in [5, 5.41) is 3.79. The molecule has 0 bridgehead atoms. The van der Waals surface area contributed by atoms with E-state index >= 15 is 0 Å². The molecule has 0 spiro atoms. The molecule has 0 radical (unpaired) electrons. The number of rotatable bonds is 2. The smallest absolute Gasteiger partial charge is 0.234 e. The maximum Gasteiger partial charge on any atom is 0.234 e. The lowest BCUT2D eigenvalue weighted by molar-refractivity contribution is -0.118. The molecule has 104 valence electrons. The summed E-state index contributed by atoms with van der Waals surface area (Å²) in [7, 11) is 0. The van der Waals surface area contributed by atoms with Gasteiger partial charge in [-0.05, 0) is 24.0 Å². The topological polar surface area (TPSA) is 59.2 Å². The predicted molar refractivity (Wildman–Crippen MR) is 74.4 cm³/mol. The molecule has 1 aliphatic heterocycles. The Kier molecular flexibility index (Phi) is 3.26. The molecule has 2 heterocycles. The van der Waals surface area contributed by atoms with Crippen molar-refractivity contribution in [3.63, 3.8) is 0 Å². The van der Waals surface area contributed by atoms with Gasteiger partial charge >= 0.3 is 0 Å². The molecule has 1 unspecified atom stereocenters. The monoisotopic (exact) mass is 271 g/mol. The quantitative estimate of drug-likeness (QED) is 0.839. The summed E-state index contributed by atoms with van der Waals surface area (Å²) in [6.45, 7) is 4.63. The molecule has 3 rings (SSSR count). The third-order valence-electron chi connectivity index (χ3n) is 3.53. The van der Waals surface area contributed by atoms with Crippen molar-refractivity contribution in [2.45, 2.75) is 26.7 Å². The number of nitrogens with zero attached hydrogens (tertiary/aromatic N) is 3. The van der Waals surface area contributed by atoms with Crippen LogP contribution < -0.4 is 4.90 Å². The number of anilines is 1. The Morgan fingerprint density at radius 1 is 1.45 bits per heavy atom. The Morgan fingerprint density at radius 3 is 3.00 bits per heavy atom. The lowest BCUT2D eigenvalue weighted by Crippen LogP contribution is -2.40. The third-order valence-corrected chi connectivity index (χ3v) is 3.53. The maximum atomic E-state index is 12.5. The first-order chi connectivity index (χ1) is 9.63. The molecule has 20 heavy (non-hydrogen) atoms. The van der Waals surface area contributed by atoms with Crippen molar-refractivity contribution < 1.29 is 9.32 Å². The number of hydrogen-bond donors (Lipinski definition) is 0. The fraction of sp³-hybridized carbons (Fsp3) is 0.400. The molecule has 0 aliphatic carbocycles. The molecule has 0 saturated heterocycles. The molecule has 0 saturated carbocycles. The molecule has 5 nitrogen and oxygen atoms in total. The van der Waals surface area contributed by atoms with Crippen LogP contribution in [0.15, 0.2) is 28.8 Å². The second-order valence-corrected chi connectivity index (χ2v) is 5.35. The highest BCUT2D eigenvalue weighted by Gasteiger charge is 2.26. The summed E-state index contributed by atoms with van der Waals surface area (Å²) in [4.78, 5) is 18.4. The van der Waals surface area contributed by atoms with E-state index in [0.717, 1.165) is 18.7 Å². The van der Waals surface area contributed by atoms with Gasteiger partial charge in [0.05, 0.1) is 6.42 Å². The number of amides is 1. The predicted octanol–water partition coefficient (Wildman–Crippen LogP) is 2.15. The molecular weight excluding hydrogens is 254 g/mol. The fourth-order valence-electron chi connectivity index (χ4n) is 2.68. The van der Waals surface area contributed by atoms with Crippen molar-refractivity contribution in [3.8, 4) is 0 Å². The van der Waals surface area contributed by atoms with Crippen molar-refractivity contribution in [2.24, 2.45) is 5.92 Å². The number of aryl methyl sites for hydroxylation is 1. The van der Waals surface area contributed by atoms with E-state index in [-0.39, 0.29) is 12.3 Å². The number of benzene rings is 1. The summed E-state index contributed by atoms with van der Waals surface area (Å²) in [5.74, 6) is 1.41. The average molecular weight is 271 g/mol. The van der Waals surface area contributed by atoms with Crippen LogP contribution in [0.25, 0.3) is 0 Å². The van der Waals surface area contributed by atoms with Crippen LogP contribution in [0.1, 0.15) is 24.2 Å². The molecule has 1 aliphatic rings. The van der Waals surface area contributed by atoms with Crippen molar-refractivity contribution in [1.82, 2.24) is 10.1 Å². The van der Waals surface area contributed by atoms with E-state index in [4.69, 9.17) is 4.52 Å². The van der Waals surface area contributed by atoms with Gasteiger partial charge in [0.15, 0.2) is 5.82 Å². The van der Waals surface area contributed by atoms with Gasteiger partial charge in [-0.3, -0.25) is 4.79 Å². The van der Waals surface area contributed by atoms with Gasteiger partial charge in [-0.15, -0.1) is 0 Å². The number of carbonyl (C=O) groups is 1. The molecule has 1 atom stereocenters. The fourth-order valence-corrected chi connectivity index (χ4v) is 2.68. The van der Waals surface area contributed by atoms with Gasteiger partial charge in [-0.1, -0.05) is 30.3 Å². The van der Waals surface area contributed by atoms with Gasteiger partial charge in [0.1, 0.15) is 0 Å². The van der Waals surface area contributed by atoms with Crippen LogP contribution in [0, 0.1) is 12.8 Å². The van der Waals surface area contributed by atoms with Gasteiger partial charge in [-0.25, -0.2) is 0 Å². The molecule has 0 N–H and O–H groups in total. The standard InChI is InChI=1S/C15H17N3O2/c1-10-7-12-5-3-4-6-13(12)18(9-10)15(19)8-14-16-11(2)20-17-14/h3-6,10H,7-9H2,1-2H3. The van der Waals surface area contributed by atoms with Crippen LogP contribution in [-0.4, -0.2) is 22.6 Å². The zero-order valence-electron chi connectivity index (χ0n) is 11.7. The first-order valence-corrected chi connectivity index (χ1v) is 6.81. The first-order valence-electron chi connectivity index (χ1n) is 6.81. The molecule has 1 amide bonds. The number of carbonyl (C=O) groups excluding carboxylic acids is 1. The van der Waals surface area contributed by atoms with Crippen molar-refractivity contribution >= 4 is 11.6 Å². The molecule has 5 heteroatoms. The molecule has 2 aromatic rings. The van der Waals surface area contributed by atoms with E-state index in [0.29, 0.717) is 17.6 Å². The molecule has 0 fully saturated rings. The van der Waals surface area contributed by atoms with Crippen LogP contribution in [-0.2, 0) is 17.6 Å². The van der Waals surface area contributed by atoms with Gasteiger partial charge in [-0.2, -0.15) is 4.98 Å². The summed E-state index contributed by atoms with van der Waals surface area (Å²) < 4.78 is 4.91. The minimum atomic E-state index is 0.0183. The van der Waals surface area contributed by atoms with Crippen molar-refractivity contribution in [1.29, 1.82) is 0 Å². The Morgan fingerprint density at radius 2 is 2.25 bits per heavy atom. The lowest BCUT2D eigenvalue weighted by atomic mass is 9.93. The first kappa shape index (κ1) is 12.8. The van der Waals surface area contributed by atoms with Gasteiger partial charge in [0, 0.05) is 19.2 Å². The highest BCUT2D eigenvalue weighted by Crippen LogP contribution is 2.29. The van der Waals surface area contributed by atoms with E-state index in [1.54, 1.807) is 6.92 Å². The summed E-state index contributed by atoms with van der Waals surface area (Å²) in [6.07, 6.45) is 1.19. The van der Waals surface area contributed by atoms with Crippen LogP contribution >= 0.6 is 0 Å². The third kappa shape index (κ3) is 2.43. The molecule has 1 aromatic carbocycles. The van der Waals surface area contributed by atoms with Gasteiger partial charge in [0.25, 0.3) is 0 Å². The van der Waals surface area contributed by atoms with Crippen LogP contribution in [0.2, 0.25) is 0 Å². The van der Waals surface area contributed by atoms with Crippen LogP contribution in [0.3, 0.4) is 0 Å². The zero-order chi connectivity index (χ0) is 14.1. The average Bonchev–Trinajstić information content (AvgIpc) is 2.83. The minimum Gasteiger partial charge on any atom is -0.340 e. The number of fused-ring (bicyclic) bond motifs is 1. The van der Waals surface area contributed by atoms with E-state index in [2.05, 4.69) is 23.1 Å². The zero-order valence-corrected chi connectivity index (χ0v) is 11.7. The SMILES string of the molecule is Cc1nc(CC(=O)N2CC(C)Cc3ccccc32)no1. The molecule has 1 aromatic heterocycles. The van der Waals surface area contributed by atoms with E-state index in [9.17, 15) is 4.79 Å². The normalized spacial score (nSPS) is 17.9. The van der Waals surface area contributed by atoms with Crippen LogP contribution in [0.4, 0.5) is 5.69 Å². The van der Waals surface area contributed by atoms with Gasteiger partial charge < -0.3 is 9.42 Å². The lowest BCUT2D eigenvalue weighted by Gasteiger charge is -2.33. The Balaban J connectivity index is 1.84. The Bertz CT molecular complexity index is 636. The number of aromatic nitrogens is 2. The second-order valence-electron chi connectivity index (χ2n) is 5.35. The Labute approximate surface area is 117 Å². The molecular formula is C15H17N3O2. The highest BCUT2D eigenvalue weighted by atomic mass is 16.5. The van der Waals surface area contributed by atoms with E-state index < -0.39 is 0 Å². The summed E-state index contributed by atoms with van der Waals surface area (Å²) in [6, 6.07) is 8.07. The maximum absolute atomic E-state index is 12.5. The summed E-state index contributed by atoms with van der Waals surface area (Å²) >= 11 is 0. The van der Waals surface area contributed by atoms with Crippen molar-refractivity contribution in [2.75, 3.05) is 11.4 Å². The number of hydrogen-bond acceptors (Lipinski definition) is 4. The van der Waals surface area contributed by atoms with E-state index in [1.165, 1.54) is 5.56 Å². The number of para-hydroxylation sites is 1. The van der Waals surface area contributed by atoms with E-state index in [1.807, 2.05) is 23.1 Å². The summed E-state index contributed by atoms with van der Waals surface area (Å²) in [5.41, 5.74) is 2.24.